The number of unbranched alkanes of at least 4 members (excludes halogenated alkanes) is 4. The zero-order chi connectivity index (χ0) is 23.8. The largest absolute Gasteiger partial charge is 0.430 e. The molecule has 0 unspecified atom stereocenters. The zero-order valence-corrected chi connectivity index (χ0v) is 20.1. The van der Waals surface area contributed by atoms with Gasteiger partial charge in [-0.2, -0.15) is 0 Å². The Bertz CT molecular complexity index is 857. The standard InChI is InChI=1S/C28H37NO4/c1-4-5-6-7-14-19-24(30)20-25(31)29-26(21(2)3)28(33-27(29)32,22-15-10-8-11-16-22)23-17-12-9-13-18-23/h8-13,15-18,21,24,26,30H,4-7,14,19-20H2,1-3H3/t24-,26-/m0/s1. The first-order chi connectivity index (χ1) is 15.9. The highest BCUT2D eigenvalue weighted by Crippen LogP contribution is 2.47. The number of ether oxygens (including phenoxy) is 1. The van der Waals surface area contributed by atoms with Gasteiger partial charge in [0, 0.05) is 11.1 Å². The summed E-state index contributed by atoms with van der Waals surface area (Å²) < 4.78 is 6.12. The van der Waals surface area contributed by atoms with Crippen molar-refractivity contribution in [3.8, 4) is 0 Å². The summed E-state index contributed by atoms with van der Waals surface area (Å²) in [4.78, 5) is 27.8. The molecule has 2 aromatic rings. The lowest BCUT2D eigenvalue weighted by molar-refractivity contribution is -0.132. The average Bonchev–Trinajstić information content (AvgIpc) is 3.14. The van der Waals surface area contributed by atoms with E-state index in [4.69, 9.17) is 4.74 Å². The van der Waals surface area contributed by atoms with E-state index in [1.807, 2.05) is 74.5 Å². The Hall–Kier alpha value is -2.66. The molecule has 0 radical (unpaired) electrons. The Morgan fingerprint density at radius 1 is 0.970 bits per heavy atom. The molecule has 0 aromatic heterocycles. The third kappa shape index (κ3) is 5.47. The highest BCUT2D eigenvalue weighted by molar-refractivity contribution is 5.95. The number of hydrogen-bond acceptors (Lipinski definition) is 4. The second kappa shape index (κ2) is 11.5. The van der Waals surface area contributed by atoms with Crippen LogP contribution in [0.25, 0.3) is 0 Å². The van der Waals surface area contributed by atoms with Crippen LogP contribution in [0, 0.1) is 5.92 Å². The van der Waals surface area contributed by atoms with Crippen LogP contribution >= 0.6 is 0 Å². The molecule has 1 saturated heterocycles. The first kappa shape index (κ1) is 25.0. The van der Waals surface area contributed by atoms with E-state index < -0.39 is 23.8 Å². The number of cyclic esters (lactones) is 1. The van der Waals surface area contributed by atoms with E-state index in [1.165, 1.54) is 17.7 Å². The summed E-state index contributed by atoms with van der Waals surface area (Å²) in [6.07, 6.45) is 4.49. The van der Waals surface area contributed by atoms with E-state index in [1.54, 1.807) is 0 Å². The third-order valence-electron chi connectivity index (χ3n) is 6.50. The van der Waals surface area contributed by atoms with Gasteiger partial charge in [-0.1, -0.05) is 114 Å². The lowest BCUT2D eigenvalue weighted by Crippen LogP contribution is -2.50. The Morgan fingerprint density at radius 3 is 2.03 bits per heavy atom. The van der Waals surface area contributed by atoms with E-state index in [9.17, 15) is 14.7 Å². The highest BCUT2D eigenvalue weighted by Gasteiger charge is 2.59. The van der Waals surface area contributed by atoms with Gasteiger partial charge in [-0.05, 0) is 12.3 Å². The molecular weight excluding hydrogens is 414 g/mol. The van der Waals surface area contributed by atoms with Crippen LogP contribution in [0.1, 0.15) is 76.8 Å². The fourth-order valence-corrected chi connectivity index (χ4v) is 4.95. The molecule has 0 aliphatic carbocycles. The molecule has 2 atom stereocenters. The van der Waals surface area contributed by atoms with Crippen LogP contribution in [0.15, 0.2) is 60.7 Å². The van der Waals surface area contributed by atoms with Crippen molar-refractivity contribution < 1.29 is 19.4 Å². The molecule has 3 rings (SSSR count). The number of carbonyl (C=O) groups is 2. The summed E-state index contributed by atoms with van der Waals surface area (Å²) in [7, 11) is 0. The van der Waals surface area contributed by atoms with Crippen molar-refractivity contribution in [3.05, 3.63) is 71.8 Å². The van der Waals surface area contributed by atoms with Crippen molar-refractivity contribution in [3.63, 3.8) is 0 Å². The average molecular weight is 452 g/mol. The summed E-state index contributed by atoms with van der Waals surface area (Å²) in [5.41, 5.74) is 0.555. The molecule has 0 spiro atoms. The van der Waals surface area contributed by atoms with Gasteiger partial charge in [0.05, 0.1) is 18.6 Å². The van der Waals surface area contributed by atoms with Crippen LogP contribution in [-0.4, -0.2) is 34.2 Å². The number of carbonyl (C=O) groups excluding carboxylic acids is 2. The molecule has 2 aromatic carbocycles. The summed E-state index contributed by atoms with van der Waals surface area (Å²) in [6.45, 7) is 6.16. The summed E-state index contributed by atoms with van der Waals surface area (Å²) in [6, 6.07) is 18.7. The normalized spacial score (nSPS) is 18.4. The number of benzene rings is 2. The van der Waals surface area contributed by atoms with Crippen LogP contribution in [-0.2, 0) is 15.1 Å². The smallest absolute Gasteiger partial charge is 0.418 e. The molecule has 0 saturated carbocycles. The Kier molecular flexibility index (Phi) is 8.67. The van der Waals surface area contributed by atoms with E-state index in [0.717, 1.165) is 30.4 Å². The Morgan fingerprint density at radius 2 is 1.52 bits per heavy atom. The summed E-state index contributed by atoms with van der Waals surface area (Å²) in [5, 5.41) is 10.5. The van der Waals surface area contributed by atoms with Crippen molar-refractivity contribution in [2.45, 2.75) is 83.5 Å². The van der Waals surface area contributed by atoms with Gasteiger partial charge in [-0.3, -0.25) is 4.79 Å². The lowest BCUT2D eigenvalue weighted by atomic mass is 9.75. The quantitative estimate of drug-likeness (QED) is 0.423. The minimum Gasteiger partial charge on any atom is -0.430 e. The fourth-order valence-electron chi connectivity index (χ4n) is 4.95. The van der Waals surface area contributed by atoms with E-state index >= 15 is 0 Å². The Balaban J connectivity index is 1.88. The third-order valence-corrected chi connectivity index (χ3v) is 6.50. The van der Waals surface area contributed by atoms with Crippen LogP contribution in [0.4, 0.5) is 4.79 Å². The molecule has 1 fully saturated rings. The Labute approximate surface area is 197 Å². The van der Waals surface area contributed by atoms with Gasteiger partial charge in [0.25, 0.3) is 0 Å². The van der Waals surface area contributed by atoms with E-state index in [2.05, 4.69) is 6.92 Å². The number of hydrogen-bond donors (Lipinski definition) is 1. The second-order valence-electron chi connectivity index (χ2n) is 9.35. The highest BCUT2D eigenvalue weighted by atomic mass is 16.6. The van der Waals surface area contributed by atoms with Crippen molar-refractivity contribution >= 4 is 12.0 Å². The van der Waals surface area contributed by atoms with Crippen LogP contribution in [0.3, 0.4) is 0 Å². The molecule has 5 nitrogen and oxygen atoms in total. The number of nitrogens with zero attached hydrogens (tertiary/aromatic N) is 1. The van der Waals surface area contributed by atoms with Gasteiger partial charge in [-0.15, -0.1) is 0 Å². The molecule has 178 valence electrons. The van der Waals surface area contributed by atoms with Gasteiger partial charge in [-0.25, -0.2) is 9.69 Å². The minimum absolute atomic E-state index is 0.0630. The van der Waals surface area contributed by atoms with E-state index in [-0.39, 0.29) is 18.2 Å². The van der Waals surface area contributed by atoms with Crippen molar-refractivity contribution in [1.29, 1.82) is 0 Å². The van der Waals surface area contributed by atoms with Gasteiger partial charge < -0.3 is 9.84 Å². The molecule has 1 heterocycles. The number of amides is 2. The number of rotatable bonds is 11. The first-order valence-electron chi connectivity index (χ1n) is 12.3. The number of imide groups is 1. The van der Waals surface area contributed by atoms with Crippen molar-refractivity contribution in [1.82, 2.24) is 4.90 Å². The summed E-state index contributed by atoms with van der Waals surface area (Å²) >= 11 is 0. The summed E-state index contributed by atoms with van der Waals surface area (Å²) in [5.74, 6) is -0.444. The predicted octanol–water partition coefficient (Wildman–Crippen LogP) is 6.05. The molecule has 2 amide bonds. The molecule has 5 heteroatoms. The van der Waals surface area contributed by atoms with Gasteiger partial charge in [0.2, 0.25) is 5.91 Å². The monoisotopic (exact) mass is 451 g/mol. The van der Waals surface area contributed by atoms with Gasteiger partial charge >= 0.3 is 6.09 Å². The van der Waals surface area contributed by atoms with Crippen molar-refractivity contribution in [2.75, 3.05) is 0 Å². The first-order valence-corrected chi connectivity index (χ1v) is 12.3. The van der Waals surface area contributed by atoms with Crippen LogP contribution in [0.5, 0.6) is 0 Å². The topological polar surface area (TPSA) is 66.8 Å². The molecule has 1 aliphatic rings. The molecule has 1 N–H and O–H groups in total. The lowest BCUT2D eigenvalue weighted by Gasteiger charge is -2.37. The van der Waals surface area contributed by atoms with Crippen molar-refractivity contribution in [2.24, 2.45) is 5.92 Å². The molecule has 1 aliphatic heterocycles. The second-order valence-corrected chi connectivity index (χ2v) is 9.35. The van der Waals surface area contributed by atoms with Crippen LogP contribution < -0.4 is 0 Å². The molecule has 33 heavy (non-hydrogen) atoms. The maximum atomic E-state index is 13.3. The predicted molar refractivity (Wildman–Crippen MR) is 130 cm³/mol. The molecular formula is C28H37NO4. The van der Waals surface area contributed by atoms with Gasteiger partial charge in [0.1, 0.15) is 0 Å². The molecule has 0 bridgehead atoms. The van der Waals surface area contributed by atoms with Gasteiger partial charge in [0.15, 0.2) is 5.60 Å². The SMILES string of the molecule is CCCCCCC[C@H](O)CC(=O)N1C(=O)OC(c2ccccc2)(c2ccccc2)[C@@H]1C(C)C. The zero-order valence-electron chi connectivity index (χ0n) is 20.1. The maximum absolute atomic E-state index is 13.3. The van der Waals surface area contributed by atoms with Crippen LogP contribution in [0.2, 0.25) is 0 Å². The number of aliphatic hydroxyl groups is 1. The fraction of sp³-hybridized carbons (Fsp3) is 0.500. The van der Waals surface area contributed by atoms with E-state index in [0.29, 0.717) is 6.42 Å². The minimum atomic E-state index is -1.10. The number of aliphatic hydroxyl groups excluding tert-OH is 1. The maximum Gasteiger partial charge on any atom is 0.418 e.